The Kier molecular flexibility index (Phi) is 5.61. The minimum Gasteiger partial charge on any atom is -0.334 e. The average Bonchev–Trinajstić information content (AvgIpc) is 2.95. The SMILES string of the molecule is Cc1ccc(S(=O)(=O)N2c3ccc4c(c3-c3c(ccc5c3CCCC5)NP2(O)=S)CCCC4)cc1. The Bertz CT molecular complexity index is 1500. The Morgan fingerprint density at radius 1 is 0.829 bits per heavy atom. The maximum Gasteiger partial charge on any atom is 0.271 e. The Labute approximate surface area is 212 Å². The Hall–Kier alpha value is -2.18. The fourth-order valence-corrected chi connectivity index (χ4v) is 11.0. The molecule has 1 atom stereocenters. The summed E-state index contributed by atoms with van der Waals surface area (Å²) in [4.78, 5) is 11.9. The van der Waals surface area contributed by atoms with Gasteiger partial charge in [0.1, 0.15) is 0 Å². The van der Waals surface area contributed by atoms with Crippen molar-refractivity contribution >= 4 is 39.8 Å². The number of hydrogen-bond acceptors (Lipinski definition) is 3. The summed E-state index contributed by atoms with van der Waals surface area (Å²) in [6.45, 7) is -1.83. The van der Waals surface area contributed by atoms with Crippen molar-refractivity contribution in [1.29, 1.82) is 0 Å². The van der Waals surface area contributed by atoms with Crippen LogP contribution in [0.4, 0.5) is 11.4 Å². The van der Waals surface area contributed by atoms with Gasteiger partial charge in [-0.2, -0.15) is 4.08 Å². The van der Waals surface area contributed by atoms with Gasteiger partial charge in [-0.05, 0) is 117 Å². The molecule has 3 aromatic rings. The van der Waals surface area contributed by atoms with Crippen LogP contribution in [0.1, 0.15) is 53.5 Å². The van der Waals surface area contributed by atoms with Crippen molar-refractivity contribution in [2.75, 3.05) is 9.16 Å². The molecule has 0 saturated carbocycles. The topological polar surface area (TPSA) is 69.6 Å². The van der Waals surface area contributed by atoms with Crippen LogP contribution in [0.2, 0.25) is 0 Å². The monoisotopic (exact) mass is 524 g/mol. The molecule has 2 N–H and O–H groups in total. The molecule has 2 aliphatic carbocycles. The van der Waals surface area contributed by atoms with Crippen LogP contribution in [-0.2, 0) is 47.5 Å². The van der Waals surface area contributed by atoms with Crippen LogP contribution in [-0.4, -0.2) is 13.3 Å². The van der Waals surface area contributed by atoms with E-state index in [1.165, 1.54) is 22.3 Å². The van der Waals surface area contributed by atoms with Crippen molar-refractivity contribution < 1.29 is 13.3 Å². The molecule has 3 aromatic carbocycles. The van der Waals surface area contributed by atoms with Crippen LogP contribution >= 0.6 is 6.57 Å². The first-order valence-electron chi connectivity index (χ1n) is 12.3. The van der Waals surface area contributed by atoms with Crippen LogP contribution in [0.25, 0.3) is 11.1 Å². The fourth-order valence-electron chi connectivity index (χ4n) is 5.89. The summed E-state index contributed by atoms with van der Waals surface area (Å²) >= 11 is 5.74. The molecule has 1 aliphatic heterocycles. The maximum atomic E-state index is 14.1. The van der Waals surface area contributed by atoms with Crippen molar-refractivity contribution in [2.45, 2.75) is 63.2 Å². The lowest BCUT2D eigenvalue weighted by Gasteiger charge is -2.32. The summed E-state index contributed by atoms with van der Waals surface area (Å²) in [5.41, 5.74) is 9.27. The third-order valence-electron chi connectivity index (χ3n) is 7.56. The van der Waals surface area contributed by atoms with Gasteiger partial charge < -0.3 is 9.98 Å². The van der Waals surface area contributed by atoms with E-state index in [1.807, 2.05) is 25.1 Å². The smallest absolute Gasteiger partial charge is 0.271 e. The molecule has 0 bridgehead atoms. The first kappa shape index (κ1) is 23.2. The second kappa shape index (κ2) is 8.45. The van der Waals surface area contributed by atoms with E-state index < -0.39 is 16.6 Å². The third kappa shape index (κ3) is 3.75. The van der Waals surface area contributed by atoms with E-state index in [9.17, 15) is 13.3 Å². The van der Waals surface area contributed by atoms with Crippen LogP contribution in [0.3, 0.4) is 0 Å². The first-order chi connectivity index (χ1) is 16.8. The third-order valence-corrected chi connectivity index (χ3v) is 12.7. The van der Waals surface area contributed by atoms with Crippen molar-refractivity contribution in [2.24, 2.45) is 0 Å². The Morgan fingerprint density at radius 2 is 1.40 bits per heavy atom. The fraction of sp³-hybridized carbons (Fsp3) is 0.333. The molecular weight excluding hydrogens is 495 g/mol. The van der Waals surface area contributed by atoms with Crippen LogP contribution in [0.15, 0.2) is 53.4 Å². The average molecular weight is 525 g/mol. The zero-order valence-electron chi connectivity index (χ0n) is 19.8. The zero-order chi connectivity index (χ0) is 24.4. The molecule has 0 saturated heterocycles. The first-order valence-corrected chi connectivity index (χ1v) is 16.5. The maximum absolute atomic E-state index is 14.1. The predicted molar refractivity (Wildman–Crippen MR) is 146 cm³/mol. The summed E-state index contributed by atoms with van der Waals surface area (Å²) in [7, 11) is -4.12. The van der Waals surface area contributed by atoms with E-state index >= 15 is 0 Å². The van der Waals surface area contributed by atoms with Crippen molar-refractivity contribution in [1.82, 2.24) is 0 Å². The molecule has 3 aliphatic rings. The van der Waals surface area contributed by atoms with Gasteiger partial charge in [0.25, 0.3) is 16.6 Å². The Morgan fingerprint density at radius 3 is 2.06 bits per heavy atom. The number of nitrogens with one attached hydrogen (secondary N) is 1. The molecule has 6 rings (SSSR count). The second-order valence-electron chi connectivity index (χ2n) is 9.85. The summed E-state index contributed by atoms with van der Waals surface area (Å²) in [5.74, 6) is 0. The molecule has 5 nitrogen and oxygen atoms in total. The largest absolute Gasteiger partial charge is 0.334 e. The van der Waals surface area contributed by atoms with E-state index in [-0.39, 0.29) is 4.90 Å². The molecular formula is C27H29N2O3PS2. The van der Waals surface area contributed by atoms with Gasteiger partial charge in [0.2, 0.25) is 0 Å². The van der Waals surface area contributed by atoms with Gasteiger partial charge in [-0.25, -0.2) is 8.42 Å². The van der Waals surface area contributed by atoms with Gasteiger partial charge >= 0.3 is 0 Å². The summed E-state index contributed by atoms with van der Waals surface area (Å²) < 4.78 is 29.4. The van der Waals surface area contributed by atoms with Gasteiger partial charge in [-0.15, -0.1) is 0 Å². The summed E-state index contributed by atoms with van der Waals surface area (Å²) in [6.07, 6.45) is 8.31. The van der Waals surface area contributed by atoms with Gasteiger partial charge in [0.05, 0.1) is 10.6 Å². The van der Waals surface area contributed by atoms with Crippen LogP contribution in [0, 0.1) is 6.92 Å². The molecule has 1 heterocycles. The minimum atomic E-state index is -4.12. The number of hydrogen-bond donors (Lipinski definition) is 2. The molecule has 0 aromatic heterocycles. The van der Waals surface area contributed by atoms with Crippen LogP contribution < -0.4 is 9.16 Å². The number of anilines is 2. The molecule has 8 heteroatoms. The number of benzene rings is 3. The van der Waals surface area contributed by atoms with E-state index in [1.54, 1.807) is 24.3 Å². The number of nitrogens with zero attached hydrogens (tertiary/aromatic N) is 1. The zero-order valence-corrected chi connectivity index (χ0v) is 22.3. The minimum absolute atomic E-state index is 0.129. The van der Waals surface area contributed by atoms with E-state index in [4.69, 9.17) is 11.8 Å². The highest BCUT2D eigenvalue weighted by atomic mass is 32.5. The quantitative estimate of drug-likeness (QED) is 0.388. The number of fused-ring (bicyclic) bond motifs is 7. The van der Waals surface area contributed by atoms with Gasteiger partial charge in [-0.3, -0.25) is 0 Å². The molecule has 0 fully saturated rings. The normalized spacial score (nSPS) is 21.1. The molecule has 0 amide bonds. The highest BCUT2D eigenvalue weighted by molar-refractivity contribution is 8.19. The second-order valence-corrected chi connectivity index (χ2v) is 15.2. The molecule has 0 radical (unpaired) electrons. The molecule has 182 valence electrons. The van der Waals surface area contributed by atoms with E-state index in [0.717, 1.165) is 77.8 Å². The highest BCUT2D eigenvalue weighted by Crippen LogP contribution is 2.60. The van der Waals surface area contributed by atoms with E-state index in [0.29, 0.717) is 5.69 Å². The van der Waals surface area contributed by atoms with Gasteiger partial charge in [0.15, 0.2) is 0 Å². The standard InChI is InChI=1S/C27H29N2O3PS2/c1-18-10-14-21(15-11-18)35(31,32)29-25-17-13-20-7-3-5-9-23(20)27(25)26-22-8-4-2-6-19(22)12-16-24(26)28-33(29,30)34/h10-17H,2-9H2,1H3,(H2,28,30,34). The predicted octanol–water partition coefficient (Wildman–Crippen LogP) is 6.26. The number of aryl methyl sites for hydroxylation is 3. The van der Waals surface area contributed by atoms with Crippen LogP contribution in [0.5, 0.6) is 0 Å². The van der Waals surface area contributed by atoms with Crippen molar-refractivity contribution in [3.05, 3.63) is 76.3 Å². The molecule has 35 heavy (non-hydrogen) atoms. The highest BCUT2D eigenvalue weighted by Gasteiger charge is 2.42. The Balaban J connectivity index is 1.69. The molecule has 0 spiro atoms. The summed E-state index contributed by atoms with van der Waals surface area (Å²) in [6, 6.07) is 14.8. The van der Waals surface area contributed by atoms with Crippen molar-refractivity contribution in [3.63, 3.8) is 0 Å². The summed E-state index contributed by atoms with van der Waals surface area (Å²) in [5, 5.41) is 3.17. The number of rotatable bonds is 2. The lowest BCUT2D eigenvalue weighted by atomic mass is 9.79. The van der Waals surface area contributed by atoms with Gasteiger partial charge in [0, 0.05) is 16.8 Å². The molecule has 1 unspecified atom stereocenters. The van der Waals surface area contributed by atoms with Crippen molar-refractivity contribution in [3.8, 4) is 11.1 Å². The van der Waals surface area contributed by atoms with E-state index in [2.05, 4.69) is 11.2 Å². The number of sulfonamides is 1. The lowest BCUT2D eigenvalue weighted by molar-refractivity contribution is 0.591. The van der Waals surface area contributed by atoms with Gasteiger partial charge in [-0.1, -0.05) is 29.8 Å². The lowest BCUT2D eigenvalue weighted by Crippen LogP contribution is -2.30.